The molecule has 0 aromatic heterocycles. The zero-order valence-corrected chi connectivity index (χ0v) is 9.97. The SMILES string of the molecule is [B]C1CCCCC(C)CCC(C)CC1. The van der Waals surface area contributed by atoms with E-state index in [-0.39, 0.29) is 0 Å². The summed E-state index contributed by atoms with van der Waals surface area (Å²) in [7, 11) is 6.07. The Kier molecular flexibility index (Phi) is 5.66. The molecule has 0 aliphatic heterocycles. The molecule has 3 unspecified atom stereocenters. The topological polar surface area (TPSA) is 0 Å². The smallest absolute Gasteiger partial charge is 0.0699 e. The van der Waals surface area contributed by atoms with Crippen LogP contribution in [0.1, 0.15) is 65.2 Å². The Bertz CT molecular complexity index is 128. The van der Waals surface area contributed by atoms with Crippen LogP contribution in [0.25, 0.3) is 0 Å². The molecule has 0 aromatic carbocycles. The molecule has 3 atom stereocenters. The second-order valence-corrected chi connectivity index (χ2v) is 5.41. The first-order valence-corrected chi connectivity index (χ1v) is 6.44. The van der Waals surface area contributed by atoms with Crippen molar-refractivity contribution >= 4 is 7.85 Å². The maximum atomic E-state index is 6.07. The van der Waals surface area contributed by atoms with E-state index in [1.165, 1.54) is 51.4 Å². The van der Waals surface area contributed by atoms with Crippen LogP contribution >= 0.6 is 0 Å². The van der Waals surface area contributed by atoms with Crippen LogP contribution in [0.5, 0.6) is 0 Å². The Morgan fingerprint density at radius 1 is 0.714 bits per heavy atom. The van der Waals surface area contributed by atoms with Gasteiger partial charge in [-0.2, -0.15) is 0 Å². The zero-order chi connectivity index (χ0) is 10.4. The lowest BCUT2D eigenvalue weighted by atomic mass is 9.78. The summed E-state index contributed by atoms with van der Waals surface area (Å²) in [6.07, 6.45) is 10.8. The minimum absolute atomic E-state index is 0.478. The van der Waals surface area contributed by atoms with Gasteiger partial charge >= 0.3 is 0 Å². The van der Waals surface area contributed by atoms with Crippen LogP contribution in [0.2, 0.25) is 5.82 Å². The molecule has 1 fully saturated rings. The fourth-order valence-corrected chi connectivity index (χ4v) is 2.40. The third-order valence-corrected chi connectivity index (χ3v) is 3.70. The van der Waals surface area contributed by atoms with Crippen molar-refractivity contribution in [3.05, 3.63) is 0 Å². The highest BCUT2D eigenvalue weighted by molar-refractivity contribution is 6.11. The summed E-state index contributed by atoms with van der Waals surface area (Å²) in [6, 6.07) is 0. The molecule has 0 spiro atoms. The highest BCUT2D eigenvalue weighted by atomic mass is 14.2. The molecule has 1 aliphatic carbocycles. The molecule has 0 heterocycles. The van der Waals surface area contributed by atoms with E-state index in [9.17, 15) is 0 Å². The number of hydrogen-bond donors (Lipinski definition) is 0. The Morgan fingerprint density at radius 3 is 1.93 bits per heavy atom. The lowest BCUT2D eigenvalue weighted by Gasteiger charge is -2.15. The van der Waals surface area contributed by atoms with Gasteiger partial charge in [-0.3, -0.25) is 0 Å². The summed E-state index contributed by atoms with van der Waals surface area (Å²) >= 11 is 0. The van der Waals surface area contributed by atoms with E-state index in [1.807, 2.05) is 0 Å². The first kappa shape index (κ1) is 12.1. The highest BCUT2D eigenvalue weighted by Crippen LogP contribution is 2.27. The summed E-state index contributed by atoms with van der Waals surface area (Å²) in [4.78, 5) is 0. The van der Waals surface area contributed by atoms with Gasteiger partial charge in [-0.05, 0) is 11.8 Å². The standard InChI is InChI=1S/C13H25B/c1-11-5-3-4-6-13(14)10-9-12(2)8-7-11/h11-13H,3-10H2,1-2H3. The van der Waals surface area contributed by atoms with E-state index in [4.69, 9.17) is 7.85 Å². The van der Waals surface area contributed by atoms with Gasteiger partial charge in [-0.1, -0.05) is 71.0 Å². The van der Waals surface area contributed by atoms with Gasteiger partial charge in [-0.15, -0.1) is 0 Å². The van der Waals surface area contributed by atoms with Crippen LogP contribution in [0.15, 0.2) is 0 Å². The van der Waals surface area contributed by atoms with Crippen LogP contribution in [-0.2, 0) is 0 Å². The van der Waals surface area contributed by atoms with Crippen molar-refractivity contribution in [2.45, 2.75) is 71.0 Å². The predicted octanol–water partition coefficient (Wildman–Crippen LogP) is 4.35. The Morgan fingerprint density at radius 2 is 1.21 bits per heavy atom. The summed E-state index contributed by atoms with van der Waals surface area (Å²) < 4.78 is 0. The molecule has 0 amide bonds. The fraction of sp³-hybridized carbons (Fsp3) is 1.00. The van der Waals surface area contributed by atoms with E-state index >= 15 is 0 Å². The van der Waals surface area contributed by atoms with Gasteiger partial charge in [0.2, 0.25) is 0 Å². The largest absolute Gasteiger partial charge is 0.0774 e. The van der Waals surface area contributed by atoms with Crippen molar-refractivity contribution < 1.29 is 0 Å². The van der Waals surface area contributed by atoms with E-state index in [0.717, 1.165) is 11.8 Å². The van der Waals surface area contributed by atoms with Crippen LogP contribution in [0, 0.1) is 11.8 Å². The van der Waals surface area contributed by atoms with Crippen LogP contribution in [0.4, 0.5) is 0 Å². The molecule has 0 bridgehead atoms. The van der Waals surface area contributed by atoms with Crippen LogP contribution in [0.3, 0.4) is 0 Å². The van der Waals surface area contributed by atoms with Gasteiger partial charge in [0.25, 0.3) is 0 Å². The van der Waals surface area contributed by atoms with Gasteiger partial charge in [0.05, 0.1) is 7.85 Å². The fourth-order valence-electron chi connectivity index (χ4n) is 2.40. The molecule has 1 aliphatic rings. The molecular formula is C13H25B. The van der Waals surface area contributed by atoms with Gasteiger partial charge in [0.1, 0.15) is 0 Å². The number of hydrogen-bond acceptors (Lipinski definition) is 0. The van der Waals surface area contributed by atoms with Crippen molar-refractivity contribution in [2.75, 3.05) is 0 Å². The van der Waals surface area contributed by atoms with E-state index < -0.39 is 0 Å². The Balaban J connectivity index is 2.33. The molecule has 1 heteroatoms. The molecule has 2 radical (unpaired) electrons. The first-order valence-electron chi connectivity index (χ1n) is 6.44. The zero-order valence-electron chi connectivity index (χ0n) is 9.97. The average molecular weight is 192 g/mol. The van der Waals surface area contributed by atoms with Crippen molar-refractivity contribution in [1.82, 2.24) is 0 Å². The van der Waals surface area contributed by atoms with Crippen molar-refractivity contribution in [2.24, 2.45) is 11.8 Å². The molecule has 14 heavy (non-hydrogen) atoms. The highest BCUT2D eigenvalue weighted by Gasteiger charge is 2.11. The molecule has 1 rings (SSSR count). The molecule has 1 saturated carbocycles. The summed E-state index contributed by atoms with van der Waals surface area (Å²) in [5.41, 5.74) is 0. The molecule has 0 aromatic rings. The Hall–Kier alpha value is 0.0649. The van der Waals surface area contributed by atoms with Crippen LogP contribution in [-0.4, -0.2) is 7.85 Å². The number of rotatable bonds is 0. The second-order valence-electron chi connectivity index (χ2n) is 5.41. The van der Waals surface area contributed by atoms with Gasteiger partial charge in [0, 0.05) is 0 Å². The predicted molar refractivity (Wildman–Crippen MR) is 64.8 cm³/mol. The third kappa shape index (κ3) is 5.07. The summed E-state index contributed by atoms with van der Waals surface area (Å²) in [5, 5.41) is 0. The lowest BCUT2D eigenvalue weighted by molar-refractivity contribution is 0.393. The van der Waals surface area contributed by atoms with Crippen LogP contribution < -0.4 is 0 Å². The summed E-state index contributed by atoms with van der Waals surface area (Å²) in [6.45, 7) is 4.79. The maximum absolute atomic E-state index is 6.07. The minimum Gasteiger partial charge on any atom is -0.0774 e. The summed E-state index contributed by atoms with van der Waals surface area (Å²) in [5.74, 6) is 2.30. The quantitative estimate of drug-likeness (QED) is 0.500. The van der Waals surface area contributed by atoms with E-state index in [1.54, 1.807) is 0 Å². The maximum Gasteiger partial charge on any atom is 0.0699 e. The second kappa shape index (κ2) is 6.53. The Labute approximate surface area is 91.3 Å². The van der Waals surface area contributed by atoms with E-state index in [2.05, 4.69) is 13.8 Å². The van der Waals surface area contributed by atoms with Gasteiger partial charge < -0.3 is 0 Å². The lowest BCUT2D eigenvalue weighted by Crippen LogP contribution is -2.01. The van der Waals surface area contributed by atoms with Gasteiger partial charge in [0.15, 0.2) is 0 Å². The molecular weight excluding hydrogens is 167 g/mol. The normalized spacial score (nSPS) is 37.4. The monoisotopic (exact) mass is 192 g/mol. The van der Waals surface area contributed by atoms with Crippen molar-refractivity contribution in [1.29, 1.82) is 0 Å². The average Bonchev–Trinajstić information content (AvgIpc) is 2.19. The molecule has 0 N–H and O–H groups in total. The first-order chi connectivity index (χ1) is 6.68. The van der Waals surface area contributed by atoms with Crippen molar-refractivity contribution in [3.8, 4) is 0 Å². The molecule has 80 valence electrons. The minimum atomic E-state index is 0.478. The third-order valence-electron chi connectivity index (χ3n) is 3.70. The van der Waals surface area contributed by atoms with Gasteiger partial charge in [-0.25, -0.2) is 0 Å². The van der Waals surface area contributed by atoms with E-state index in [0.29, 0.717) is 5.82 Å². The molecule has 0 saturated heterocycles. The molecule has 0 nitrogen and oxygen atoms in total. The van der Waals surface area contributed by atoms with Crippen molar-refractivity contribution in [3.63, 3.8) is 0 Å².